The fourth-order valence-corrected chi connectivity index (χ4v) is 4.07. The van der Waals surface area contributed by atoms with Gasteiger partial charge in [-0.15, -0.1) is 0 Å². The van der Waals surface area contributed by atoms with Crippen molar-refractivity contribution in [3.8, 4) is 17.1 Å². The van der Waals surface area contributed by atoms with Crippen molar-refractivity contribution in [2.24, 2.45) is 0 Å². The Kier molecular flexibility index (Phi) is 6.18. The van der Waals surface area contributed by atoms with Crippen LogP contribution in [-0.4, -0.2) is 77.0 Å². The minimum atomic E-state index is -0.688. The van der Waals surface area contributed by atoms with Crippen LogP contribution >= 0.6 is 0 Å². The summed E-state index contributed by atoms with van der Waals surface area (Å²) in [4.78, 5) is 30.8. The molecular formula is C21H26FN7O4. The third-order valence-corrected chi connectivity index (χ3v) is 5.99. The van der Waals surface area contributed by atoms with E-state index >= 15 is 4.39 Å². The molecule has 0 spiro atoms. The van der Waals surface area contributed by atoms with E-state index in [-0.39, 0.29) is 41.7 Å². The second-order valence-corrected chi connectivity index (χ2v) is 8.34. The maximum Gasteiger partial charge on any atom is 0.256 e. The van der Waals surface area contributed by atoms with E-state index in [0.717, 1.165) is 12.8 Å². The van der Waals surface area contributed by atoms with Gasteiger partial charge in [0.1, 0.15) is 17.9 Å². The summed E-state index contributed by atoms with van der Waals surface area (Å²) in [7, 11) is 0. The molecular weight excluding hydrogens is 433 g/mol. The number of carbonyl (C=O) groups is 1. The van der Waals surface area contributed by atoms with E-state index < -0.39 is 5.82 Å². The highest BCUT2D eigenvalue weighted by molar-refractivity contribution is 5.81. The SMILES string of the molecule is Nc1ncc(-c2nc(N3CCOCC3)nc(O[C@H]3C[C@H](NC(=O)[C@@H]4CCCO4)C3)c2F)cn1. The van der Waals surface area contributed by atoms with E-state index in [1.165, 1.54) is 12.4 Å². The molecule has 1 atom stereocenters. The summed E-state index contributed by atoms with van der Waals surface area (Å²) < 4.78 is 32.1. The minimum absolute atomic E-state index is 0.0275. The Bertz CT molecular complexity index is 991. The lowest BCUT2D eigenvalue weighted by Gasteiger charge is -2.36. The zero-order valence-electron chi connectivity index (χ0n) is 18.1. The molecule has 3 fully saturated rings. The minimum Gasteiger partial charge on any atom is -0.472 e. The molecule has 0 unspecified atom stereocenters. The van der Waals surface area contributed by atoms with Crippen LogP contribution in [0.1, 0.15) is 25.7 Å². The highest BCUT2D eigenvalue weighted by atomic mass is 19.1. The first-order chi connectivity index (χ1) is 16.1. The first-order valence-electron chi connectivity index (χ1n) is 11.1. The maximum absolute atomic E-state index is 15.4. The average molecular weight is 459 g/mol. The van der Waals surface area contributed by atoms with Crippen LogP contribution in [0, 0.1) is 5.82 Å². The Labute approximate surface area is 189 Å². The van der Waals surface area contributed by atoms with Crippen molar-refractivity contribution in [2.75, 3.05) is 43.5 Å². The number of nitrogens with zero attached hydrogens (tertiary/aromatic N) is 5. The van der Waals surface area contributed by atoms with Crippen molar-refractivity contribution in [3.63, 3.8) is 0 Å². The van der Waals surface area contributed by atoms with Gasteiger partial charge in [-0.2, -0.15) is 9.37 Å². The van der Waals surface area contributed by atoms with Gasteiger partial charge in [-0.3, -0.25) is 4.79 Å². The number of rotatable bonds is 6. The number of nitrogen functional groups attached to an aromatic ring is 1. The molecule has 1 amide bonds. The second-order valence-electron chi connectivity index (χ2n) is 8.34. The van der Waals surface area contributed by atoms with Gasteiger partial charge in [0.15, 0.2) is 0 Å². The number of anilines is 2. The Morgan fingerprint density at radius 1 is 1.18 bits per heavy atom. The molecule has 3 N–H and O–H groups in total. The number of ether oxygens (including phenoxy) is 3. The molecule has 2 aromatic heterocycles. The zero-order chi connectivity index (χ0) is 22.8. The van der Waals surface area contributed by atoms with Gasteiger partial charge in [0.2, 0.25) is 23.6 Å². The zero-order valence-corrected chi connectivity index (χ0v) is 18.1. The Hall–Kier alpha value is -3.12. The Morgan fingerprint density at radius 2 is 1.94 bits per heavy atom. The summed E-state index contributed by atoms with van der Waals surface area (Å²) in [6, 6.07) is -0.0275. The number of morpholine rings is 1. The van der Waals surface area contributed by atoms with Crippen LogP contribution in [-0.2, 0) is 14.3 Å². The topological polar surface area (TPSA) is 138 Å². The number of nitrogens with two attached hydrogens (primary N) is 1. The maximum atomic E-state index is 15.4. The van der Waals surface area contributed by atoms with E-state index in [2.05, 4.69) is 25.3 Å². The van der Waals surface area contributed by atoms with Gasteiger partial charge in [-0.1, -0.05) is 0 Å². The van der Waals surface area contributed by atoms with Crippen molar-refractivity contribution in [1.29, 1.82) is 0 Å². The predicted octanol–water partition coefficient (Wildman–Crippen LogP) is 0.696. The van der Waals surface area contributed by atoms with E-state index in [0.29, 0.717) is 57.3 Å². The van der Waals surface area contributed by atoms with Crippen LogP contribution in [0.5, 0.6) is 5.88 Å². The summed E-state index contributed by atoms with van der Waals surface area (Å²) in [6.07, 6.45) is 4.97. The van der Waals surface area contributed by atoms with Crippen LogP contribution < -0.4 is 20.7 Å². The average Bonchev–Trinajstić information content (AvgIpc) is 3.35. The van der Waals surface area contributed by atoms with Crippen molar-refractivity contribution in [1.82, 2.24) is 25.3 Å². The number of nitrogens with one attached hydrogen (secondary N) is 1. The van der Waals surface area contributed by atoms with Crippen molar-refractivity contribution in [2.45, 2.75) is 43.9 Å². The van der Waals surface area contributed by atoms with Gasteiger partial charge in [0, 0.05) is 56.5 Å². The smallest absolute Gasteiger partial charge is 0.256 e. The molecule has 176 valence electrons. The first-order valence-corrected chi connectivity index (χ1v) is 11.1. The van der Waals surface area contributed by atoms with E-state index in [1.807, 2.05) is 4.90 Å². The second kappa shape index (κ2) is 9.40. The van der Waals surface area contributed by atoms with Crippen LogP contribution in [0.4, 0.5) is 16.3 Å². The van der Waals surface area contributed by atoms with Gasteiger partial charge in [-0.05, 0) is 12.8 Å². The molecule has 4 heterocycles. The lowest BCUT2D eigenvalue weighted by atomic mass is 9.89. The molecule has 1 aliphatic carbocycles. The Morgan fingerprint density at radius 3 is 2.64 bits per heavy atom. The molecule has 2 aromatic rings. The summed E-state index contributed by atoms with van der Waals surface area (Å²) in [5, 5.41) is 2.97. The summed E-state index contributed by atoms with van der Waals surface area (Å²) >= 11 is 0. The molecule has 2 aliphatic heterocycles. The number of carbonyl (C=O) groups excluding carboxylic acids is 1. The van der Waals surface area contributed by atoms with Gasteiger partial charge in [-0.25, -0.2) is 15.0 Å². The van der Waals surface area contributed by atoms with Crippen molar-refractivity contribution >= 4 is 17.8 Å². The fraction of sp³-hybridized carbons (Fsp3) is 0.571. The van der Waals surface area contributed by atoms with Gasteiger partial charge in [0.25, 0.3) is 5.88 Å². The van der Waals surface area contributed by atoms with Crippen molar-refractivity contribution in [3.05, 3.63) is 18.2 Å². The third kappa shape index (κ3) is 4.81. The summed E-state index contributed by atoms with van der Waals surface area (Å²) in [6.45, 7) is 2.86. The van der Waals surface area contributed by atoms with E-state index in [9.17, 15) is 4.79 Å². The molecule has 5 rings (SSSR count). The normalized spacial score (nSPS) is 24.9. The predicted molar refractivity (Wildman–Crippen MR) is 115 cm³/mol. The monoisotopic (exact) mass is 459 g/mol. The first kappa shape index (κ1) is 21.7. The molecule has 0 aromatic carbocycles. The van der Waals surface area contributed by atoms with Gasteiger partial charge >= 0.3 is 0 Å². The van der Waals surface area contributed by atoms with Gasteiger partial charge < -0.3 is 30.2 Å². The quantitative estimate of drug-likeness (QED) is 0.635. The number of amides is 1. The highest BCUT2D eigenvalue weighted by Crippen LogP contribution is 2.32. The number of aromatic nitrogens is 4. The van der Waals surface area contributed by atoms with Crippen molar-refractivity contribution < 1.29 is 23.4 Å². The molecule has 3 aliphatic rings. The number of hydrogen-bond acceptors (Lipinski definition) is 10. The number of hydrogen-bond donors (Lipinski definition) is 2. The van der Waals surface area contributed by atoms with Gasteiger partial charge in [0.05, 0.1) is 13.2 Å². The van der Waals surface area contributed by atoms with Crippen LogP contribution in [0.2, 0.25) is 0 Å². The molecule has 11 nitrogen and oxygen atoms in total. The molecule has 0 bridgehead atoms. The van der Waals surface area contributed by atoms with Crippen LogP contribution in [0.15, 0.2) is 12.4 Å². The van der Waals surface area contributed by atoms with Crippen LogP contribution in [0.3, 0.4) is 0 Å². The third-order valence-electron chi connectivity index (χ3n) is 5.99. The lowest BCUT2D eigenvalue weighted by Crippen LogP contribution is -2.51. The van der Waals surface area contributed by atoms with Crippen LogP contribution in [0.25, 0.3) is 11.3 Å². The fourth-order valence-electron chi connectivity index (χ4n) is 4.07. The molecule has 12 heteroatoms. The highest BCUT2D eigenvalue weighted by Gasteiger charge is 2.36. The standard InChI is InChI=1S/C21H26FN7O4/c22-16-17(12-10-24-20(23)25-11-12)27-21(29-3-6-31-7-4-29)28-19(16)33-14-8-13(9-14)26-18(30)15-2-1-5-32-15/h10-11,13-15H,1-9H2,(H,26,30)(H2,23,24,25)/t13-,14-,15-/m0/s1. The van der Waals surface area contributed by atoms with E-state index in [4.69, 9.17) is 19.9 Å². The summed E-state index contributed by atoms with van der Waals surface area (Å²) in [5.74, 6) is -0.475. The lowest BCUT2D eigenvalue weighted by molar-refractivity contribution is -0.132. The molecule has 33 heavy (non-hydrogen) atoms. The van der Waals surface area contributed by atoms with E-state index in [1.54, 1.807) is 0 Å². The summed E-state index contributed by atoms with van der Waals surface area (Å²) in [5.41, 5.74) is 5.98. The molecule has 1 saturated carbocycles. The molecule has 0 radical (unpaired) electrons. The number of halogens is 1. The largest absolute Gasteiger partial charge is 0.472 e. The Balaban J connectivity index is 1.31. The molecule has 2 saturated heterocycles.